The molecule has 0 unspecified atom stereocenters. The number of aromatic nitrogens is 4. The van der Waals surface area contributed by atoms with Gasteiger partial charge in [-0.1, -0.05) is 22.9 Å². The molecule has 16 heavy (non-hydrogen) atoms. The highest BCUT2D eigenvalue weighted by Gasteiger charge is 2.14. The Morgan fingerprint density at radius 2 is 2.06 bits per heavy atom. The van der Waals surface area contributed by atoms with Crippen LogP contribution in [0.25, 0.3) is 9.92 Å². The predicted octanol–water partition coefficient (Wildman–Crippen LogP) is 1.67. The molecule has 0 saturated heterocycles. The number of aryl methyl sites for hydroxylation is 2. The Balaban J connectivity index is 2.70. The lowest BCUT2D eigenvalue weighted by Crippen LogP contribution is -2.19. The highest BCUT2D eigenvalue weighted by Crippen LogP contribution is 2.18. The molecule has 0 fully saturated rings. The predicted molar refractivity (Wildman–Crippen MR) is 62.6 cm³/mol. The lowest BCUT2D eigenvalue weighted by Gasteiger charge is -1.99. The van der Waals surface area contributed by atoms with Crippen LogP contribution in [0.3, 0.4) is 0 Å². The first-order valence-electron chi connectivity index (χ1n) is 4.61. The molecular formula is C9H7ClN4OS. The Bertz CT molecular complexity index is 769. The molecule has 0 saturated carbocycles. The number of rotatable bonds is 0. The third-order valence-corrected chi connectivity index (χ3v) is 3.74. The van der Waals surface area contributed by atoms with Crippen LogP contribution < -0.4 is 5.56 Å². The molecule has 3 rings (SSSR count). The molecule has 0 spiro atoms. The normalized spacial score (nSPS) is 11.7. The minimum atomic E-state index is -0.253. The summed E-state index contributed by atoms with van der Waals surface area (Å²) < 4.78 is 3.18. The van der Waals surface area contributed by atoms with Crippen LogP contribution in [-0.2, 0) is 0 Å². The van der Waals surface area contributed by atoms with Crippen molar-refractivity contribution in [3.8, 4) is 0 Å². The van der Waals surface area contributed by atoms with Crippen molar-refractivity contribution in [3.05, 3.63) is 33.0 Å². The maximum Gasteiger partial charge on any atom is 0.292 e. The quantitative estimate of drug-likeness (QED) is 0.613. The number of halogens is 1. The van der Waals surface area contributed by atoms with E-state index < -0.39 is 0 Å². The Hall–Kier alpha value is -1.40. The van der Waals surface area contributed by atoms with Gasteiger partial charge in [0.2, 0.25) is 9.92 Å². The van der Waals surface area contributed by atoms with Crippen LogP contribution in [0.5, 0.6) is 0 Å². The summed E-state index contributed by atoms with van der Waals surface area (Å²) >= 11 is 7.27. The SMILES string of the molecule is Cc1nc2sc3ncc(C)n3n2c(=O)c1Cl. The molecule has 0 amide bonds. The van der Waals surface area contributed by atoms with Gasteiger partial charge in [0.25, 0.3) is 5.56 Å². The Labute approximate surface area is 98.9 Å². The lowest BCUT2D eigenvalue weighted by molar-refractivity contribution is 0.799. The molecule has 3 aromatic heterocycles. The second kappa shape index (κ2) is 3.05. The van der Waals surface area contributed by atoms with E-state index in [1.165, 1.54) is 15.9 Å². The molecule has 0 aliphatic carbocycles. The van der Waals surface area contributed by atoms with E-state index in [0.717, 1.165) is 10.7 Å². The van der Waals surface area contributed by atoms with E-state index in [1.807, 2.05) is 6.92 Å². The third kappa shape index (κ3) is 1.08. The largest absolute Gasteiger partial charge is 0.292 e. The molecule has 0 bridgehead atoms. The Kier molecular flexibility index (Phi) is 1.87. The first kappa shape index (κ1) is 9.80. The van der Waals surface area contributed by atoms with Crippen molar-refractivity contribution in [3.63, 3.8) is 0 Å². The topological polar surface area (TPSA) is 51.7 Å². The van der Waals surface area contributed by atoms with Gasteiger partial charge in [-0.3, -0.25) is 4.79 Å². The van der Waals surface area contributed by atoms with Crippen molar-refractivity contribution in [1.82, 2.24) is 19.0 Å². The van der Waals surface area contributed by atoms with Crippen molar-refractivity contribution < 1.29 is 0 Å². The summed E-state index contributed by atoms with van der Waals surface area (Å²) in [5, 5.41) is 0.158. The molecule has 82 valence electrons. The number of imidazole rings is 1. The van der Waals surface area contributed by atoms with Gasteiger partial charge in [0.05, 0.1) is 17.6 Å². The second-order valence-corrected chi connectivity index (χ2v) is 4.82. The highest BCUT2D eigenvalue weighted by atomic mass is 35.5. The van der Waals surface area contributed by atoms with Gasteiger partial charge >= 0.3 is 0 Å². The van der Waals surface area contributed by atoms with E-state index in [0.29, 0.717) is 10.7 Å². The van der Waals surface area contributed by atoms with Gasteiger partial charge in [-0.15, -0.1) is 0 Å². The Morgan fingerprint density at radius 1 is 1.31 bits per heavy atom. The van der Waals surface area contributed by atoms with Crippen LogP contribution in [0.2, 0.25) is 5.02 Å². The number of nitrogens with zero attached hydrogens (tertiary/aromatic N) is 4. The van der Waals surface area contributed by atoms with E-state index >= 15 is 0 Å². The number of fused-ring (bicyclic) bond motifs is 3. The van der Waals surface area contributed by atoms with Gasteiger partial charge in [0, 0.05) is 0 Å². The van der Waals surface area contributed by atoms with Gasteiger partial charge in [-0.05, 0) is 13.8 Å². The summed E-state index contributed by atoms with van der Waals surface area (Å²) in [5.41, 5.74) is 1.18. The standard InChI is InChI=1S/C9H7ClN4OS/c1-4-3-11-8-13(4)14-7(15)6(10)5(2)12-9(14)16-8/h3H,1-2H3. The minimum absolute atomic E-state index is 0.158. The summed E-state index contributed by atoms with van der Waals surface area (Å²) in [6, 6.07) is 0. The molecule has 0 aliphatic rings. The van der Waals surface area contributed by atoms with Crippen molar-refractivity contribution in [2.75, 3.05) is 0 Å². The van der Waals surface area contributed by atoms with Crippen LogP contribution in [0.4, 0.5) is 0 Å². The van der Waals surface area contributed by atoms with Gasteiger partial charge in [-0.2, -0.15) is 4.52 Å². The zero-order valence-corrected chi connectivity index (χ0v) is 10.1. The highest BCUT2D eigenvalue weighted by molar-refractivity contribution is 7.21. The first-order chi connectivity index (χ1) is 7.59. The van der Waals surface area contributed by atoms with Crippen LogP contribution in [-0.4, -0.2) is 19.0 Å². The molecule has 7 heteroatoms. The van der Waals surface area contributed by atoms with Crippen LogP contribution in [0.1, 0.15) is 11.4 Å². The van der Waals surface area contributed by atoms with E-state index in [2.05, 4.69) is 9.97 Å². The fourth-order valence-electron chi connectivity index (χ4n) is 1.62. The first-order valence-corrected chi connectivity index (χ1v) is 5.81. The third-order valence-electron chi connectivity index (χ3n) is 2.40. The van der Waals surface area contributed by atoms with E-state index in [4.69, 9.17) is 11.6 Å². The van der Waals surface area contributed by atoms with Gasteiger partial charge < -0.3 is 0 Å². The summed E-state index contributed by atoms with van der Waals surface area (Å²) in [7, 11) is 0. The molecular weight excluding hydrogens is 248 g/mol. The van der Waals surface area contributed by atoms with Gasteiger partial charge in [0.1, 0.15) is 5.02 Å². The molecule has 3 heterocycles. The Morgan fingerprint density at radius 3 is 2.81 bits per heavy atom. The minimum Gasteiger partial charge on any atom is -0.266 e. The molecule has 0 radical (unpaired) electrons. The number of hydrogen-bond acceptors (Lipinski definition) is 4. The molecule has 0 atom stereocenters. The zero-order valence-electron chi connectivity index (χ0n) is 8.56. The molecule has 3 aromatic rings. The molecule has 0 N–H and O–H groups in total. The van der Waals surface area contributed by atoms with Crippen molar-refractivity contribution in [2.24, 2.45) is 0 Å². The fourth-order valence-corrected chi connectivity index (χ4v) is 2.76. The summed E-state index contributed by atoms with van der Waals surface area (Å²) in [5.74, 6) is 0. The average Bonchev–Trinajstić information content (AvgIpc) is 2.76. The van der Waals surface area contributed by atoms with E-state index in [1.54, 1.807) is 17.6 Å². The summed E-state index contributed by atoms with van der Waals surface area (Å²) in [6.07, 6.45) is 1.71. The molecule has 5 nitrogen and oxygen atoms in total. The van der Waals surface area contributed by atoms with E-state index in [-0.39, 0.29) is 10.6 Å². The van der Waals surface area contributed by atoms with Crippen molar-refractivity contribution in [1.29, 1.82) is 0 Å². The maximum absolute atomic E-state index is 12.0. The average molecular weight is 255 g/mol. The van der Waals surface area contributed by atoms with E-state index in [9.17, 15) is 4.79 Å². The molecule has 0 aromatic carbocycles. The lowest BCUT2D eigenvalue weighted by atomic mass is 10.4. The van der Waals surface area contributed by atoms with Crippen molar-refractivity contribution >= 4 is 32.9 Å². The van der Waals surface area contributed by atoms with Crippen LogP contribution in [0, 0.1) is 13.8 Å². The number of hydrogen-bond donors (Lipinski definition) is 0. The van der Waals surface area contributed by atoms with Gasteiger partial charge in [0.15, 0.2) is 0 Å². The van der Waals surface area contributed by atoms with Crippen LogP contribution >= 0.6 is 22.9 Å². The summed E-state index contributed by atoms with van der Waals surface area (Å²) in [6.45, 7) is 3.60. The maximum atomic E-state index is 12.0. The van der Waals surface area contributed by atoms with Gasteiger partial charge in [-0.25, -0.2) is 14.5 Å². The molecule has 0 aliphatic heterocycles. The fraction of sp³-hybridized carbons (Fsp3) is 0.222. The zero-order chi connectivity index (χ0) is 11.4. The summed E-state index contributed by atoms with van der Waals surface area (Å²) in [4.78, 5) is 21.8. The van der Waals surface area contributed by atoms with Crippen molar-refractivity contribution in [2.45, 2.75) is 13.8 Å². The second-order valence-electron chi connectivity index (χ2n) is 3.51. The monoisotopic (exact) mass is 254 g/mol. The smallest absolute Gasteiger partial charge is 0.266 e. The van der Waals surface area contributed by atoms with Crippen LogP contribution in [0.15, 0.2) is 11.0 Å².